The Labute approximate surface area is 180 Å². The number of imide groups is 1. The van der Waals surface area contributed by atoms with Gasteiger partial charge >= 0.3 is 6.03 Å². The first-order valence-corrected chi connectivity index (χ1v) is 10.5. The second kappa shape index (κ2) is 9.04. The Morgan fingerprint density at radius 3 is 2.65 bits per heavy atom. The third-order valence-corrected chi connectivity index (χ3v) is 5.62. The summed E-state index contributed by atoms with van der Waals surface area (Å²) in [6, 6.07) is 16.6. The van der Waals surface area contributed by atoms with Crippen LogP contribution in [0.5, 0.6) is 0 Å². The molecular weight excluding hydrogens is 392 g/mol. The molecule has 4 amide bonds. The van der Waals surface area contributed by atoms with Crippen LogP contribution in [0.1, 0.15) is 24.5 Å². The number of hydrogen-bond acceptors (Lipinski definition) is 3. The van der Waals surface area contributed by atoms with Crippen molar-refractivity contribution in [1.29, 1.82) is 0 Å². The van der Waals surface area contributed by atoms with Gasteiger partial charge in [-0.25, -0.2) is 4.79 Å². The zero-order chi connectivity index (χ0) is 21.8. The van der Waals surface area contributed by atoms with E-state index < -0.39 is 12.1 Å². The first kappa shape index (κ1) is 20.7. The number of amides is 4. The molecule has 160 valence electrons. The summed E-state index contributed by atoms with van der Waals surface area (Å²) in [4.78, 5) is 41.7. The fourth-order valence-corrected chi connectivity index (χ4v) is 3.95. The summed E-state index contributed by atoms with van der Waals surface area (Å²) < 4.78 is 0. The van der Waals surface area contributed by atoms with Gasteiger partial charge < -0.3 is 15.6 Å². The normalized spacial score (nSPS) is 17.1. The summed E-state index contributed by atoms with van der Waals surface area (Å²) in [7, 11) is 0. The Kier molecular flexibility index (Phi) is 6.02. The van der Waals surface area contributed by atoms with Crippen molar-refractivity contribution in [1.82, 2.24) is 20.5 Å². The summed E-state index contributed by atoms with van der Waals surface area (Å²) in [5.41, 5.74) is 3.14. The lowest BCUT2D eigenvalue weighted by Crippen LogP contribution is -2.44. The predicted octanol–water partition coefficient (Wildman–Crippen LogP) is 2.77. The number of nitrogens with zero attached hydrogens (tertiary/aromatic N) is 1. The maximum atomic E-state index is 12.8. The molecule has 3 N–H and O–H groups in total. The molecule has 4 rings (SSSR count). The molecule has 0 bridgehead atoms. The smallest absolute Gasteiger partial charge is 0.325 e. The zero-order valence-corrected chi connectivity index (χ0v) is 17.4. The minimum atomic E-state index is -0.671. The number of para-hydroxylation sites is 1. The summed E-state index contributed by atoms with van der Waals surface area (Å²) in [5, 5.41) is 6.61. The van der Waals surface area contributed by atoms with Crippen LogP contribution in [0.15, 0.2) is 60.8 Å². The second-order valence-electron chi connectivity index (χ2n) is 7.98. The van der Waals surface area contributed by atoms with Gasteiger partial charge in [-0.05, 0) is 37.0 Å². The lowest BCUT2D eigenvalue weighted by atomic mass is 10.1. The number of benzene rings is 2. The number of aromatic nitrogens is 1. The minimum absolute atomic E-state index is 0.0597. The fraction of sp³-hybridized carbons (Fsp3) is 0.292. The molecule has 1 aromatic heterocycles. The molecule has 1 aliphatic rings. The van der Waals surface area contributed by atoms with Gasteiger partial charge in [-0.2, -0.15) is 0 Å². The first-order valence-electron chi connectivity index (χ1n) is 10.5. The van der Waals surface area contributed by atoms with Crippen LogP contribution in [-0.2, 0) is 22.4 Å². The molecule has 31 heavy (non-hydrogen) atoms. The van der Waals surface area contributed by atoms with Gasteiger partial charge in [-0.1, -0.05) is 48.5 Å². The van der Waals surface area contributed by atoms with Gasteiger partial charge in [-0.15, -0.1) is 0 Å². The SMILES string of the molecule is C[C@@H](CCc1ccccc1)NC(=O)CN1C(=O)N[C@H](Cc2c[nH]c3ccccc23)C1=O. The van der Waals surface area contributed by atoms with Gasteiger partial charge in [-0.3, -0.25) is 14.5 Å². The molecule has 1 aliphatic heterocycles. The van der Waals surface area contributed by atoms with E-state index in [1.807, 2.05) is 55.6 Å². The minimum Gasteiger partial charge on any atom is -0.361 e. The van der Waals surface area contributed by atoms with Crippen LogP contribution in [0.3, 0.4) is 0 Å². The Hall–Kier alpha value is -3.61. The van der Waals surface area contributed by atoms with E-state index in [1.165, 1.54) is 5.56 Å². The predicted molar refractivity (Wildman–Crippen MR) is 118 cm³/mol. The molecule has 2 aromatic carbocycles. The second-order valence-corrected chi connectivity index (χ2v) is 7.98. The maximum Gasteiger partial charge on any atom is 0.325 e. The van der Waals surface area contributed by atoms with Crippen molar-refractivity contribution in [2.75, 3.05) is 6.54 Å². The van der Waals surface area contributed by atoms with Crippen molar-refractivity contribution in [2.45, 2.75) is 38.3 Å². The van der Waals surface area contributed by atoms with E-state index in [2.05, 4.69) is 27.8 Å². The van der Waals surface area contributed by atoms with E-state index in [4.69, 9.17) is 0 Å². The number of aryl methyl sites for hydroxylation is 1. The van der Waals surface area contributed by atoms with E-state index in [-0.39, 0.29) is 24.4 Å². The lowest BCUT2D eigenvalue weighted by Gasteiger charge is -2.17. The lowest BCUT2D eigenvalue weighted by molar-refractivity contribution is -0.132. The number of hydrogen-bond donors (Lipinski definition) is 3. The van der Waals surface area contributed by atoms with E-state index in [0.717, 1.165) is 34.2 Å². The summed E-state index contributed by atoms with van der Waals surface area (Å²) in [5.74, 6) is -0.709. The zero-order valence-electron chi connectivity index (χ0n) is 17.4. The van der Waals surface area contributed by atoms with Crippen LogP contribution >= 0.6 is 0 Å². The number of urea groups is 1. The van der Waals surface area contributed by atoms with Crippen molar-refractivity contribution in [2.24, 2.45) is 0 Å². The molecule has 0 unspecified atom stereocenters. The summed E-state index contributed by atoms with van der Waals surface area (Å²) in [6.07, 6.45) is 3.85. The highest BCUT2D eigenvalue weighted by Crippen LogP contribution is 2.21. The quantitative estimate of drug-likeness (QED) is 0.491. The van der Waals surface area contributed by atoms with Crippen LogP contribution in [0.2, 0.25) is 0 Å². The summed E-state index contributed by atoms with van der Waals surface area (Å²) in [6.45, 7) is 1.65. The molecule has 0 aliphatic carbocycles. The average molecular weight is 418 g/mol. The third-order valence-electron chi connectivity index (χ3n) is 5.62. The third kappa shape index (κ3) is 4.77. The van der Waals surface area contributed by atoms with Crippen molar-refractivity contribution in [3.8, 4) is 0 Å². The molecular formula is C24H26N4O3. The first-order chi connectivity index (χ1) is 15.0. The molecule has 3 aromatic rings. The topological polar surface area (TPSA) is 94.3 Å². The van der Waals surface area contributed by atoms with Crippen molar-refractivity contribution < 1.29 is 14.4 Å². The number of carbonyl (C=O) groups excluding carboxylic acids is 3. The van der Waals surface area contributed by atoms with E-state index in [1.54, 1.807) is 0 Å². The molecule has 2 heterocycles. The monoisotopic (exact) mass is 418 g/mol. The van der Waals surface area contributed by atoms with Gasteiger partial charge in [0, 0.05) is 29.6 Å². The number of carbonyl (C=O) groups is 3. The maximum absolute atomic E-state index is 12.8. The largest absolute Gasteiger partial charge is 0.361 e. The average Bonchev–Trinajstić information content (AvgIpc) is 3.29. The van der Waals surface area contributed by atoms with Gasteiger partial charge in [0.2, 0.25) is 5.91 Å². The molecule has 2 atom stereocenters. The molecule has 0 radical (unpaired) electrons. The van der Waals surface area contributed by atoms with Crippen LogP contribution in [0, 0.1) is 0 Å². The highest BCUT2D eigenvalue weighted by atomic mass is 16.2. The highest BCUT2D eigenvalue weighted by molar-refractivity contribution is 6.06. The van der Waals surface area contributed by atoms with Crippen molar-refractivity contribution in [3.63, 3.8) is 0 Å². The molecule has 0 saturated carbocycles. The van der Waals surface area contributed by atoms with Crippen LogP contribution in [-0.4, -0.2) is 46.4 Å². The Morgan fingerprint density at radius 2 is 1.84 bits per heavy atom. The molecule has 1 fully saturated rings. The summed E-state index contributed by atoms with van der Waals surface area (Å²) >= 11 is 0. The molecule has 7 nitrogen and oxygen atoms in total. The molecule has 7 heteroatoms. The number of aromatic amines is 1. The van der Waals surface area contributed by atoms with Crippen LogP contribution < -0.4 is 10.6 Å². The number of H-pyrrole nitrogens is 1. The number of fused-ring (bicyclic) bond motifs is 1. The Morgan fingerprint density at radius 1 is 1.10 bits per heavy atom. The van der Waals surface area contributed by atoms with Gasteiger partial charge in [0.05, 0.1) is 0 Å². The standard InChI is InChI=1S/C24H26N4O3/c1-16(11-12-17-7-3-2-4-8-17)26-22(29)15-28-23(30)21(27-24(28)31)13-18-14-25-20-10-6-5-9-19(18)20/h2-10,14,16,21,25H,11-13,15H2,1H3,(H,26,29)(H,27,31)/t16-,21+/m0/s1. The van der Waals surface area contributed by atoms with Gasteiger partial charge in [0.25, 0.3) is 5.91 Å². The molecule has 0 spiro atoms. The van der Waals surface area contributed by atoms with E-state index in [9.17, 15) is 14.4 Å². The Balaban J connectivity index is 1.30. The number of rotatable bonds is 8. The van der Waals surface area contributed by atoms with E-state index in [0.29, 0.717) is 6.42 Å². The van der Waals surface area contributed by atoms with Gasteiger partial charge in [0.15, 0.2) is 0 Å². The van der Waals surface area contributed by atoms with Crippen LogP contribution in [0.25, 0.3) is 10.9 Å². The van der Waals surface area contributed by atoms with E-state index >= 15 is 0 Å². The van der Waals surface area contributed by atoms with Crippen molar-refractivity contribution in [3.05, 3.63) is 71.9 Å². The van der Waals surface area contributed by atoms with Gasteiger partial charge in [0.1, 0.15) is 12.6 Å². The van der Waals surface area contributed by atoms with Crippen molar-refractivity contribution >= 4 is 28.7 Å². The fourth-order valence-electron chi connectivity index (χ4n) is 3.95. The number of nitrogens with one attached hydrogen (secondary N) is 3. The van der Waals surface area contributed by atoms with Crippen LogP contribution in [0.4, 0.5) is 4.79 Å². The Bertz CT molecular complexity index is 1090. The molecule has 1 saturated heterocycles. The highest BCUT2D eigenvalue weighted by Gasteiger charge is 2.39.